The molecule has 0 saturated carbocycles. The maximum absolute atomic E-state index is 12.4. The second kappa shape index (κ2) is 4.92. The molecule has 1 saturated heterocycles. The highest BCUT2D eigenvalue weighted by Gasteiger charge is 2.31. The molecule has 1 aromatic carbocycles. The van der Waals surface area contributed by atoms with Crippen molar-refractivity contribution in [3.63, 3.8) is 0 Å². The second-order valence-corrected chi connectivity index (χ2v) is 5.83. The van der Waals surface area contributed by atoms with Crippen LogP contribution in [0, 0.1) is 5.92 Å². The predicted molar refractivity (Wildman–Crippen MR) is 79.0 cm³/mol. The predicted octanol–water partition coefficient (Wildman–Crippen LogP) is 1.66. The fourth-order valence-corrected chi connectivity index (χ4v) is 3.16. The second-order valence-electron chi connectivity index (χ2n) is 5.30. The normalized spacial score (nSPS) is 15.3. The number of rotatable bonds is 3. The number of nitrogens with zero attached hydrogens (tertiary/aromatic N) is 5. The van der Waals surface area contributed by atoms with E-state index in [9.17, 15) is 4.79 Å². The Kier molecular flexibility index (Phi) is 2.92. The minimum Gasteiger partial charge on any atom is -0.338 e. The van der Waals surface area contributed by atoms with Gasteiger partial charge in [-0.1, -0.05) is 0 Å². The summed E-state index contributed by atoms with van der Waals surface area (Å²) in [5, 5.41) is 0. The third-order valence-electron chi connectivity index (χ3n) is 3.77. The highest BCUT2D eigenvalue weighted by atomic mass is 32.1. The van der Waals surface area contributed by atoms with Crippen LogP contribution in [0.2, 0.25) is 0 Å². The van der Waals surface area contributed by atoms with E-state index in [2.05, 4.69) is 18.3 Å². The Balaban J connectivity index is 1.42. The number of carbonyl (C=O) groups is 1. The summed E-state index contributed by atoms with van der Waals surface area (Å²) in [6.07, 6.45) is 5.54. The van der Waals surface area contributed by atoms with Crippen LogP contribution in [0.25, 0.3) is 11.0 Å². The van der Waals surface area contributed by atoms with Crippen LogP contribution in [0.1, 0.15) is 10.4 Å². The number of likely N-dealkylation sites (tertiary alicyclic amines) is 1. The lowest BCUT2D eigenvalue weighted by Gasteiger charge is -2.39. The molecule has 106 valence electrons. The summed E-state index contributed by atoms with van der Waals surface area (Å²) in [4.78, 5) is 18.3. The van der Waals surface area contributed by atoms with E-state index < -0.39 is 0 Å². The molecule has 0 aliphatic carbocycles. The maximum atomic E-state index is 12.4. The van der Waals surface area contributed by atoms with Gasteiger partial charge < -0.3 is 9.47 Å². The van der Waals surface area contributed by atoms with Crippen LogP contribution >= 0.6 is 11.7 Å². The zero-order chi connectivity index (χ0) is 14.2. The molecule has 2 aromatic heterocycles. The third-order valence-corrected chi connectivity index (χ3v) is 4.33. The van der Waals surface area contributed by atoms with Crippen LogP contribution in [0.3, 0.4) is 0 Å². The zero-order valence-corrected chi connectivity index (χ0v) is 12.0. The molecule has 3 aromatic rings. The first kappa shape index (κ1) is 12.5. The van der Waals surface area contributed by atoms with Crippen molar-refractivity contribution < 1.29 is 4.79 Å². The van der Waals surface area contributed by atoms with Gasteiger partial charge in [0.25, 0.3) is 5.91 Å². The Morgan fingerprint density at radius 1 is 1.29 bits per heavy atom. The van der Waals surface area contributed by atoms with Crippen molar-refractivity contribution in [2.45, 2.75) is 6.54 Å². The van der Waals surface area contributed by atoms with E-state index in [-0.39, 0.29) is 5.91 Å². The topological polar surface area (TPSA) is 63.9 Å². The van der Waals surface area contributed by atoms with Gasteiger partial charge in [-0.15, -0.1) is 0 Å². The number of aromatic nitrogens is 4. The monoisotopic (exact) mass is 299 g/mol. The summed E-state index contributed by atoms with van der Waals surface area (Å²) in [7, 11) is 0. The summed E-state index contributed by atoms with van der Waals surface area (Å²) in [5.41, 5.74) is 2.33. The summed E-state index contributed by atoms with van der Waals surface area (Å²) in [5.74, 6) is 0.583. The first-order chi connectivity index (χ1) is 10.3. The van der Waals surface area contributed by atoms with Crippen LogP contribution in [-0.4, -0.2) is 42.2 Å². The van der Waals surface area contributed by atoms with E-state index in [1.54, 1.807) is 6.20 Å². The molecule has 1 aliphatic heterocycles. The molecule has 0 radical (unpaired) electrons. The van der Waals surface area contributed by atoms with Gasteiger partial charge in [-0.3, -0.25) is 4.79 Å². The SMILES string of the molecule is O=C(c1ccc2nsnc2c1)N1CC(Cn2ccnc2)C1. The lowest BCUT2D eigenvalue weighted by molar-refractivity contribution is 0.0469. The molecule has 0 atom stereocenters. The van der Waals surface area contributed by atoms with Gasteiger partial charge in [0, 0.05) is 43.5 Å². The molecule has 3 heterocycles. The molecule has 0 unspecified atom stereocenters. The summed E-state index contributed by atoms with van der Waals surface area (Å²) in [6.45, 7) is 2.51. The Morgan fingerprint density at radius 3 is 2.95 bits per heavy atom. The van der Waals surface area contributed by atoms with Gasteiger partial charge in [0.15, 0.2) is 0 Å². The van der Waals surface area contributed by atoms with Gasteiger partial charge in [-0.05, 0) is 18.2 Å². The van der Waals surface area contributed by atoms with Gasteiger partial charge in [0.1, 0.15) is 11.0 Å². The first-order valence-electron chi connectivity index (χ1n) is 6.77. The lowest BCUT2D eigenvalue weighted by atomic mass is 9.98. The number of fused-ring (bicyclic) bond motifs is 1. The van der Waals surface area contributed by atoms with E-state index in [1.807, 2.05) is 35.6 Å². The van der Waals surface area contributed by atoms with Gasteiger partial charge >= 0.3 is 0 Å². The first-order valence-corrected chi connectivity index (χ1v) is 7.50. The van der Waals surface area contributed by atoms with Crippen molar-refractivity contribution in [3.05, 3.63) is 42.5 Å². The van der Waals surface area contributed by atoms with E-state index in [0.717, 1.165) is 30.7 Å². The minimum absolute atomic E-state index is 0.0757. The van der Waals surface area contributed by atoms with E-state index in [1.165, 1.54) is 11.7 Å². The number of hydrogen-bond donors (Lipinski definition) is 0. The molecular weight excluding hydrogens is 286 g/mol. The molecule has 0 spiro atoms. The fourth-order valence-electron chi connectivity index (χ4n) is 2.64. The number of amides is 1. The molecule has 7 heteroatoms. The van der Waals surface area contributed by atoms with Crippen LogP contribution < -0.4 is 0 Å². The van der Waals surface area contributed by atoms with Gasteiger partial charge in [-0.2, -0.15) is 8.75 Å². The van der Waals surface area contributed by atoms with Crippen molar-refractivity contribution in [2.75, 3.05) is 13.1 Å². The average molecular weight is 299 g/mol. The van der Waals surface area contributed by atoms with Crippen LogP contribution in [-0.2, 0) is 6.54 Å². The summed E-state index contributed by atoms with van der Waals surface area (Å²) >= 11 is 1.17. The van der Waals surface area contributed by atoms with Crippen LogP contribution in [0.5, 0.6) is 0 Å². The van der Waals surface area contributed by atoms with Crippen molar-refractivity contribution >= 4 is 28.7 Å². The Hall–Kier alpha value is -2.28. The number of carbonyl (C=O) groups excluding carboxylic acids is 1. The Labute approximate surface area is 125 Å². The molecule has 1 aliphatic rings. The number of hydrogen-bond acceptors (Lipinski definition) is 5. The minimum atomic E-state index is 0.0757. The van der Waals surface area contributed by atoms with Crippen molar-refractivity contribution in [1.82, 2.24) is 23.2 Å². The highest BCUT2D eigenvalue weighted by Crippen LogP contribution is 2.22. The van der Waals surface area contributed by atoms with Crippen molar-refractivity contribution in [2.24, 2.45) is 5.92 Å². The summed E-state index contributed by atoms with van der Waals surface area (Å²) < 4.78 is 10.4. The average Bonchev–Trinajstić information content (AvgIpc) is 3.11. The molecule has 21 heavy (non-hydrogen) atoms. The van der Waals surface area contributed by atoms with E-state index >= 15 is 0 Å². The van der Waals surface area contributed by atoms with Gasteiger partial charge in [0.05, 0.1) is 18.1 Å². The van der Waals surface area contributed by atoms with Gasteiger partial charge in [0.2, 0.25) is 0 Å². The van der Waals surface area contributed by atoms with Crippen LogP contribution in [0.15, 0.2) is 36.9 Å². The fraction of sp³-hybridized carbons (Fsp3) is 0.286. The largest absolute Gasteiger partial charge is 0.338 e. The van der Waals surface area contributed by atoms with Crippen molar-refractivity contribution in [1.29, 1.82) is 0 Å². The quantitative estimate of drug-likeness (QED) is 0.738. The standard InChI is InChI=1S/C14H13N5OS/c20-14(11-1-2-12-13(5-11)17-21-16-12)19-7-10(8-19)6-18-4-3-15-9-18/h1-5,9-10H,6-8H2. The highest BCUT2D eigenvalue weighted by molar-refractivity contribution is 7.00. The lowest BCUT2D eigenvalue weighted by Crippen LogP contribution is -2.51. The Morgan fingerprint density at radius 2 is 2.14 bits per heavy atom. The molecule has 1 fully saturated rings. The van der Waals surface area contributed by atoms with Crippen molar-refractivity contribution in [3.8, 4) is 0 Å². The van der Waals surface area contributed by atoms with E-state index in [4.69, 9.17) is 0 Å². The van der Waals surface area contributed by atoms with Crippen LogP contribution in [0.4, 0.5) is 0 Å². The zero-order valence-electron chi connectivity index (χ0n) is 11.2. The molecular formula is C14H13N5OS. The molecule has 1 amide bonds. The third kappa shape index (κ3) is 2.29. The maximum Gasteiger partial charge on any atom is 0.253 e. The summed E-state index contributed by atoms with van der Waals surface area (Å²) in [6, 6.07) is 5.51. The molecule has 4 rings (SSSR count). The molecule has 0 bridgehead atoms. The Bertz CT molecular complexity index is 776. The smallest absolute Gasteiger partial charge is 0.253 e. The van der Waals surface area contributed by atoms with E-state index in [0.29, 0.717) is 11.5 Å². The van der Waals surface area contributed by atoms with Gasteiger partial charge in [-0.25, -0.2) is 4.98 Å². The number of imidazole rings is 1. The number of benzene rings is 1. The molecule has 0 N–H and O–H groups in total. The molecule has 6 nitrogen and oxygen atoms in total.